The van der Waals surface area contributed by atoms with Gasteiger partial charge < -0.3 is 18.9 Å². The van der Waals surface area contributed by atoms with E-state index in [4.69, 9.17) is 42.1 Å². The summed E-state index contributed by atoms with van der Waals surface area (Å²) in [6, 6.07) is 0. The van der Waals surface area contributed by atoms with Crippen LogP contribution in [-0.2, 0) is 18.9 Å². The SMILES string of the molecule is COC(CCl)CCOC(=O)OCCC(CCl)OC. The van der Waals surface area contributed by atoms with E-state index in [1.165, 1.54) is 0 Å². The number of halogens is 2. The van der Waals surface area contributed by atoms with Crippen LogP contribution in [0.15, 0.2) is 0 Å². The van der Waals surface area contributed by atoms with Crippen LogP contribution in [0.5, 0.6) is 0 Å². The lowest BCUT2D eigenvalue weighted by molar-refractivity contribution is 0.0267. The van der Waals surface area contributed by atoms with E-state index >= 15 is 0 Å². The van der Waals surface area contributed by atoms with Crippen LogP contribution in [0.1, 0.15) is 12.8 Å². The van der Waals surface area contributed by atoms with Crippen LogP contribution in [0, 0.1) is 0 Å². The van der Waals surface area contributed by atoms with Crippen molar-refractivity contribution >= 4 is 29.4 Å². The van der Waals surface area contributed by atoms with Gasteiger partial charge in [0, 0.05) is 38.8 Å². The van der Waals surface area contributed by atoms with Crippen molar-refractivity contribution in [3.8, 4) is 0 Å². The minimum Gasteiger partial charge on any atom is -0.434 e. The first-order chi connectivity index (χ1) is 8.67. The Morgan fingerprint density at radius 1 is 0.944 bits per heavy atom. The lowest BCUT2D eigenvalue weighted by Crippen LogP contribution is -2.19. The number of methoxy groups -OCH3 is 2. The van der Waals surface area contributed by atoms with Gasteiger partial charge in [-0.25, -0.2) is 4.79 Å². The van der Waals surface area contributed by atoms with E-state index in [9.17, 15) is 4.79 Å². The van der Waals surface area contributed by atoms with Crippen molar-refractivity contribution in [1.82, 2.24) is 0 Å². The zero-order valence-electron chi connectivity index (χ0n) is 10.7. The molecule has 0 amide bonds. The highest BCUT2D eigenvalue weighted by Crippen LogP contribution is 2.03. The average molecular weight is 303 g/mol. The molecule has 7 heteroatoms. The highest BCUT2D eigenvalue weighted by atomic mass is 35.5. The third-order valence-electron chi connectivity index (χ3n) is 2.33. The van der Waals surface area contributed by atoms with E-state index in [1.54, 1.807) is 14.2 Å². The Kier molecular flexibility index (Phi) is 11.7. The Morgan fingerprint density at radius 3 is 1.61 bits per heavy atom. The molecule has 0 aromatic carbocycles. The lowest BCUT2D eigenvalue weighted by atomic mass is 10.3. The van der Waals surface area contributed by atoms with Crippen LogP contribution in [0.25, 0.3) is 0 Å². The maximum absolute atomic E-state index is 11.2. The van der Waals surface area contributed by atoms with E-state index in [-0.39, 0.29) is 25.4 Å². The molecule has 2 atom stereocenters. The topological polar surface area (TPSA) is 54.0 Å². The number of ether oxygens (including phenoxy) is 4. The summed E-state index contributed by atoms with van der Waals surface area (Å²) in [5, 5.41) is 0. The highest BCUT2D eigenvalue weighted by molar-refractivity contribution is 6.18. The maximum atomic E-state index is 11.2. The van der Waals surface area contributed by atoms with Crippen molar-refractivity contribution in [3.63, 3.8) is 0 Å². The molecule has 0 aliphatic rings. The third-order valence-corrected chi connectivity index (χ3v) is 3.02. The monoisotopic (exact) mass is 302 g/mol. The van der Waals surface area contributed by atoms with Crippen LogP contribution in [0.4, 0.5) is 4.79 Å². The first-order valence-corrected chi connectivity index (χ1v) is 6.71. The quantitative estimate of drug-likeness (QED) is 0.458. The summed E-state index contributed by atoms with van der Waals surface area (Å²) < 4.78 is 19.8. The van der Waals surface area contributed by atoms with Crippen LogP contribution < -0.4 is 0 Å². The molecule has 0 rings (SSSR count). The molecule has 0 fully saturated rings. The summed E-state index contributed by atoms with van der Waals surface area (Å²) in [5.74, 6) is 0.723. The molecule has 0 aromatic rings. The van der Waals surface area contributed by atoms with Gasteiger partial charge in [0.25, 0.3) is 0 Å². The molecule has 2 unspecified atom stereocenters. The van der Waals surface area contributed by atoms with Gasteiger partial charge >= 0.3 is 6.16 Å². The summed E-state index contributed by atoms with van der Waals surface area (Å²) in [4.78, 5) is 11.2. The Labute approximate surface area is 118 Å². The summed E-state index contributed by atoms with van der Waals surface area (Å²) in [7, 11) is 3.12. The fraction of sp³-hybridized carbons (Fsp3) is 0.909. The van der Waals surface area contributed by atoms with Gasteiger partial charge in [-0.3, -0.25) is 0 Å². The zero-order valence-corrected chi connectivity index (χ0v) is 12.2. The van der Waals surface area contributed by atoms with E-state index in [0.29, 0.717) is 24.6 Å². The molecule has 18 heavy (non-hydrogen) atoms. The molecule has 0 bridgehead atoms. The van der Waals surface area contributed by atoms with E-state index in [2.05, 4.69) is 0 Å². The van der Waals surface area contributed by atoms with E-state index < -0.39 is 6.16 Å². The fourth-order valence-electron chi connectivity index (χ4n) is 1.11. The Bertz CT molecular complexity index is 188. The van der Waals surface area contributed by atoms with Gasteiger partial charge in [0.05, 0.1) is 25.4 Å². The fourth-order valence-corrected chi connectivity index (χ4v) is 1.67. The number of alkyl halides is 2. The van der Waals surface area contributed by atoms with Gasteiger partial charge in [0.15, 0.2) is 0 Å². The molecule has 0 saturated heterocycles. The summed E-state index contributed by atoms with van der Waals surface area (Å²) in [5.41, 5.74) is 0. The number of carbonyl (C=O) groups is 1. The number of carbonyl (C=O) groups excluding carboxylic acids is 1. The molecule has 0 N–H and O–H groups in total. The van der Waals surface area contributed by atoms with Crippen molar-refractivity contribution in [3.05, 3.63) is 0 Å². The molecule has 0 saturated carbocycles. The smallest absolute Gasteiger partial charge is 0.434 e. The first-order valence-electron chi connectivity index (χ1n) is 5.65. The van der Waals surface area contributed by atoms with Crippen molar-refractivity contribution in [2.75, 3.05) is 39.2 Å². The molecular weight excluding hydrogens is 283 g/mol. The van der Waals surface area contributed by atoms with Gasteiger partial charge in [0.2, 0.25) is 0 Å². The average Bonchev–Trinajstić information content (AvgIpc) is 2.40. The minimum atomic E-state index is -0.705. The molecule has 0 heterocycles. The number of hydrogen-bond acceptors (Lipinski definition) is 5. The Morgan fingerprint density at radius 2 is 1.33 bits per heavy atom. The van der Waals surface area contributed by atoms with Crippen molar-refractivity contribution < 1.29 is 23.7 Å². The van der Waals surface area contributed by atoms with Crippen LogP contribution in [-0.4, -0.2) is 57.6 Å². The van der Waals surface area contributed by atoms with E-state index in [0.717, 1.165) is 0 Å². The molecule has 0 spiro atoms. The second-order valence-corrected chi connectivity index (χ2v) is 4.17. The first kappa shape index (κ1) is 17.8. The molecule has 108 valence electrons. The maximum Gasteiger partial charge on any atom is 0.508 e. The summed E-state index contributed by atoms with van der Waals surface area (Å²) in [6.45, 7) is 0.431. The third kappa shape index (κ3) is 8.80. The predicted octanol–water partition coefficient (Wildman–Crippen LogP) is 2.43. The van der Waals surface area contributed by atoms with Crippen molar-refractivity contribution in [1.29, 1.82) is 0 Å². The van der Waals surface area contributed by atoms with E-state index in [1.807, 2.05) is 0 Å². The van der Waals surface area contributed by atoms with Crippen molar-refractivity contribution in [2.24, 2.45) is 0 Å². The standard InChI is InChI=1S/C11H20Cl2O5/c1-15-9(7-12)3-5-17-11(14)18-6-4-10(8-13)16-2/h9-10H,3-8H2,1-2H3. The van der Waals surface area contributed by atoms with Crippen molar-refractivity contribution in [2.45, 2.75) is 25.0 Å². The van der Waals surface area contributed by atoms with Gasteiger partial charge in [-0.05, 0) is 0 Å². The summed E-state index contributed by atoms with van der Waals surface area (Å²) >= 11 is 11.2. The molecular formula is C11H20Cl2O5. The second-order valence-electron chi connectivity index (χ2n) is 3.55. The number of hydrogen-bond donors (Lipinski definition) is 0. The summed E-state index contributed by atoms with van der Waals surface area (Å²) in [6.07, 6.45) is 0.139. The second kappa shape index (κ2) is 11.8. The zero-order chi connectivity index (χ0) is 13.8. The lowest BCUT2D eigenvalue weighted by Gasteiger charge is -2.13. The van der Waals surface area contributed by atoms with Crippen LogP contribution in [0.2, 0.25) is 0 Å². The van der Waals surface area contributed by atoms with Crippen LogP contribution >= 0.6 is 23.2 Å². The molecule has 0 aromatic heterocycles. The normalized spacial score (nSPS) is 14.0. The van der Waals surface area contributed by atoms with Gasteiger partial charge in [0.1, 0.15) is 0 Å². The Balaban J connectivity index is 3.54. The number of rotatable bonds is 10. The predicted molar refractivity (Wildman–Crippen MR) is 69.6 cm³/mol. The molecule has 5 nitrogen and oxygen atoms in total. The Hall–Kier alpha value is -0.230. The van der Waals surface area contributed by atoms with Gasteiger partial charge in [-0.1, -0.05) is 0 Å². The van der Waals surface area contributed by atoms with Gasteiger partial charge in [-0.2, -0.15) is 0 Å². The minimum absolute atomic E-state index is 0.117. The largest absolute Gasteiger partial charge is 0.508 e. The molecule has 0 radical (unpaired) electrons. The molecule has 0 aliphatic heterocycles. The van der Waals surface area contributed by atoms with Gasteiger partial charge in [-0.15, -0.1) is 23.2 Å². The molecule has 0 aliphatic carbocycles. The highest BCUT2D eigenvalue weighted by Gasteiger charge is 2.10. The van der Waals surface area contributed by atoms with Crippen LogP contribution in [0.3, 0.4) is 0 Å².